The van der Waals surface area contributed by atoms with Crippen LogP contribution < -0.4 is 10.6 Å². The molecule has 6 nitrogen and oxygen atoms in total. The Bertz CT molecular complexity index is 888. The Labute approximate surface area is 172 Å². The molecule has 0 fully saturated rings. The average Bonchev–Trinajstić information content (AvgIpc) is 2.63. The summed E-state index contributed by atoms with van der Waals surface area (Å²) in [5.41, 5.74) is 2.14. The zero-order valence-electron chi connectivity index (χ0n) is 15.5. The maximum absolute atomic E-state index is 12.5. The third-order valence-electron chi connectivity index (χ3n) is 3.82. The number of amides is 2. The molecule has 2 aromatic carbocycles. The van der Waals surface area contributed by atoms with E-state index in [0.717, 1.165) is 10.5 Å². The van der Waals surface area contributed by atoms with Crippen LogP contribution in [0.15, 0.2) is 47.4 Å². The molecular formula is C20H21ClN2O4S. The third-order valence-corrected chi connectivity index (χ3v) is 5.15. The zero-order chi connectivity index (χ0) is 20.7. The highest BCUT2D eigenvalue weighted by molar-refractivity contribution is 8.00. The highest BCUT2D eigenvalue weighted by Crippen LogP contribution is 2.27. The van der Waals surface area contributed by atoms with Crippen LogP contribution in [0.4, 0.5) is 11.4 Å². The summed E-state index contributed by atoms with van der Waals surface area (Å²) in [7, 11) is 0. The number of rotatable bonds is 8. The van der Waals surface area contributed by atoms with E-state index in [4.69, 9.17) is 16.7 Å². The van der Waals surface area contributed by atoms with Gasteiger partial charge in [0.25, 0.3) is 0 Å². The minimum absolute atomic E-state index is 0.0928. The standard InChI is InChI=1S/C20H21ClN2O4S/c1-12-6-7-14(21)10-17(12)23-20(27)13(2)28-16-5-3-4-15(11-16)22-18(24)8-9-19(25)26/h3-7,10-11,13H,8-9H2,1-2H3,(H,22,24)(H,23,27)(H,25,26). The molecular weight excluding hydrogens is 400 g/mol. The first-order valence-electron chi connectivity index (χ1n) is 8.60. The number of benzene rings is 2. The van der Waals surface area contributed by atoms with Gasteiger partial charge in [-0.25, -0.2) is 0 Å². The first-order chi connectivity index (χ1) is 13.2. The number of anilines is 2. The van der Waals surface area contributed by atoms with Gasteiger partial charge in [-0.3, -0.25) is 14.4 Å². The van der Waals surface area contributed by atoms with Gasteiger partial charge < -0.3 is 15.7 Å². The Hall–Kier alpha value is -2.51. The molecule has 1 unspecified atom stereocenters. The molecule has 0 aliphatic carbocycles. The van der Waals surface area contributed by atoms with E-state index < -0.39 is 5.97 Å². The van der Waals surface area contributed by atoms with E-state index in [1.165, 1.54) is 11.8 Å². The van der Waals surface area contributed by atoms with Crippen LogP contribution in [0.1, 0.15) is 25.3 Å². The van der Waals surface area contributed by atoms with Crippen LogP contribution >= 0.6 is 23.4 Å². The molecule has 0 saturated heterocycles. The van der Waals surface area contributed by atoms with Gasteiger partial charge in [-0.05, 0) is 49.7 Å². The SMILES string of the molecule is Cc1ccc(Cl)cc1NC(=O)C(C)Sc1cccc(NC(=O)CCC(=O)O)c1. The summed E-state index contributed by atoms with van der Waals surface area (Å²) in [5.74, 6) is -1.55. The van der Waals surface area contributed by atoms with Gasteiger partial charge in [-0.15, -0.1) is 11.8 Å². The van der Waals surface area contributed by atoms with Crippen molar-refractivity contribution in [1.29, 1.82) is 0 Å². The molecule has 28 heavy (non-hydrogen) atoms. The fourth-order valence-electron chi connectivity index (χ4n) is 2.31. The lowest BCUT2D eigenvalue weighted by molar-refractivity contribution is -0.138. The summed E-state index contributed by atoms with van der Waals surface area (Å²) in [6.45, 7) is 3.68. The molecule has 148 valence electrons. The van der Waals surface area contributed by atoms with E-state index in [2.05, 4.69) is 10.6 Å². The quantitative estimate of drug-likeness (QED) is 0.543. The summed E-state index contributed by atoms with van der Waals surface area (Å²) in [4.78, 5) is 35.6. The second kappa shape index (κ2) is 10.1. The number of thioether (sulfide) groups is 1. The van der Waals surface area contributed by atoms with E-state index in [9.17, 15) is 14.4 Å². The van der Waals surface area contributed by atoms with Crippen molar-refractivity contribution in [3.05, 3.63) is 53.1 Å². The molecule has 2 aromatic rings. The highest BCUT2D eigenvalue weighted by atomic mass is 35.5. The minimum atomic E-state index is -1.02. The molecule has 0 spiro atoms. The number of hydrogen-bond donors (Lipinski definition) is 3. The Balaban J connectivity index is 1.96. The normalized spacial score (nSPS) is 11.5. The van der Waals surface area contributed by atoms with Crippen molar-refractivity contribution < 1.29 is 19.5 Å². The Kier molecular flexibility index (Phi) is 7.90. The molecule has 0 aliphatic rings. The predicted octanol–water partition coefficient (Wildman–Crippen LogP) is 4.57. The van der Waals surface area contributed by atoms with E-state index in [1.54, 1.807) is 37.3 Å². The summed E-state index contributed by atoms with van der Waals surface area (Å²) < 4.78 is 0. The predicted molar refractivity (Wildman–Crippen MR) is 112 cm³/mol. The summed E-state index contributed by atoms with van der Waals surface area (Å²) in [5, 5.41) is 14.3. The first-order valence-corrected chi connectivity index (χ1v) is 9.85. The molecule has 1 atom stereocenters. The largest absolute Gasteiger partial charge is 0.481 e. The molecule has 2 amide bonds. The van der Waals surface area contributed by atoms with Crippen molar-refractivity contribution in [1.82, 2.24) is 0 Å². The van der Waals surface area contributed by atoms with Gasteiger partial charge in [-0.2, -0.15) is 0 Å². The average molecular weight is 421 g/mol. The maximum atomic E-state index is 12.5. The van der Waals surface area contributed by atoms with Crippen LogP contribution in [0.25, 0.3) is 0 Å². The van der Waals surface area contributed by atoms with Gasteiger partial charge in [0.1, 0.15) is 0 Å². The maximum Gasteiger partial charge on any atom is 0.303 e. The minimum Gasteiger partial charge on any atom is -0.481 e. The van der Waals surface area contributed by atoms with Crippen molar-refractivity contribution in [3.8, 4) is 0 Å². The number of carbonyl (C=O) groups is 3. The number of aliphatic carboxylic acids is 1. The van der Waals surface area contributed by atoms with Crippen molar-refractivity contribution in [3.63, 3.8) is 0 Å². The molecule has 0 radical (unpaired) electrons. The first kappa shape index (κ1) is 21.8. The third kappa shape index (κ3) is 6.90. The summed E-state index contributed by atoms with van der Waals surface area (Å²) in [6.07, 6.45) is -0.315. The fourth-order valence-corrected chi connectivity index (χ4v) is 3.41. The summed E-state index contributed by atoms with van der Waals surface area (Å²) in [6, 6.07) is 12.4. The number of carboxylic acids is 1. The molecule has 3 N–H and O–H groups in total. The second-order valence-corrected chi connectivity index (χ2v) is 8.03. The summed E-state index contributed by atoms with van der Waals surface area (Å²) >= 11 is 7.33. The molecule has 0 aliphatic heterocycles. The fraction of sp³-hybridized carbons (Fsp3) is 0.250. The van der Waals surface area contributed by atoms with Gasteiger partial charge in [-0.1, -0.05) is 23.7 Å². The number of hydrogen-bond acceptors (Lipinski definition) is 4. The molecule has 0 saturated carbocycles. The van der Waals surface area contributed by atoms with Crippen LogP contribution in [0.5, 0.6) is 0 Å². The topological polar surface area (TPSA) is 95.5 Å². The lowest BCUT2D eigenvalue weighted by atomic mass is 10.2. The number of halogens is 1. The van der Waals surface area contributed by atoms with E-state index >= 15 is 0 Å². The van der Waals surface area contributed by atoms with Crippen LogP contribution in [-0.4, -0.2) is 28.1 Å². The second-order valence-electron chi connectivity index (χ2n) is 6.18. The van der Waals surface area contributed by atoms with Crippen LogP contribution in [0.3, 0.4) is 0 Å². The monoisotopic (exact) mass is 420 g/mol. The van der Waals surface area contributed by atoms with Gasteiger partial charge >= 0.3 is 5.97 Å². The van der Waals surface area contributed by atoms with Crippen LogP contribution in [0.2, 0.25) is 5.02 Å². The molecule has 0 aromatic heterocycles. The molecule has 0 heterocycles. The van der Waals surface area contributed by atoms with E-state index in [1.807, 2.05) is 19.1 Å². The Morgan fingerprint density at radius 1 is 1.11 bits per heavy atom. The Morgan fingerprint density at radius 2 is 1.86 bits per heavy atom. The van der Waals surface area contributed by atoms with Crippen molar-refractivity contribution in [2.24, 2.45) is 0 Å². The number of nitrogens with one attached hydrogen (secondary N) is 2. The van der Waals surface area contributed by atoms with Crippen molar-refractivity contribution in [2.45, 2.75) is 36.8 Å². The van der Waals surface area contributed by atoms with E-state index in [-0.39, 0.29) is 29.9 Å². The van der Waals surface area contributed by atoms with Crippen molar-refractivity contribution >= 4 is 52.5 Å². The van der Waals surface area contributed by atoms with Gasteiger partial charge in [0.05, 0.1) is 11.7 Å². The van der Waals surface area contributed by atoms with E-state index in [0.29, 0.717) is 16.4 Å². The molecule has 2 rings (SSSR count). The lowest BCUT2D eigenvalue weighted by Crippen LogP contribution is -2.22. The van der Waals surface area contributed by atoms with Gasteiger partial charge in [0.15, 0.2) is 0 Å². The molecule has 0 bridgehead atoms. The lowest BCUT2D eigenvalue weighted by Gasteiger charge is -2.14. The highest BCUT2D eigenvalue weighted by Gasteiger charge is 2.16. The number of carbonyl (C=O) groups excluding carboxylic acids is 2. The van der Waals surface area contributed by atoms with Crippen LogP contribution in [-0.2, 0) is 14.4 Å². The zero-order valence-corrected chi connectivity index (χ0v) is 17.1. The molecule has 8 heteroatoms. The van der Waals surface area contributed by atoms with Gasteiger partial charge in [0, 0.05) is 27.7 Å². The number of aryl methyl sites for hydroxylation is 1. The van der Waals surface area contributed by atoms with Crippen molar-refractivity contribution in [2.75, 3.05) is 10.6 Å². The Morgan fingerprint density at radius 3 is 2.57 bits per heavy atom. The smallest absolute Gasteiger partial charge is 0.303 e. The van der Waals surface area contributed by atoms with Crippen LogP contribution in [0, 0.1) is 6.92 Å². The number of carboxylic acid groups (broad SMARTS) is 1. The van der Waals surface area contributed by atoms with Gasteiger partial charge in [0.2, 0.25) is 11.8 Å².